The Labute approximate surface area is 245 Å². The summed E-state index contributed by atoms with van der Waals surface area (Å²) in [6.45, 7) is 7.15. The quantitative estimate of drug-likeness (QED) is 0.137. The van der Waals surface area contributed by atoms with Crippen LogP contribution in [0.25, 0.3) is 0 Å². The highest BCUT2D eigenvalue weighted by molar-refractivity contribution is 5.57. The zero-order valence-electron chi connectivity index (χ0n) is 25.0. The average molecular weight is 575 g/mol. The van der Waals surface area contributed by atoms with E-state index in [1.165, 1.54) is 0 Å². The molecule has 1 heterocycles. The van der Waals surface area contributed by atoms with E-state index in [1.807, 2.05) is 12.1 Å². The molecule has 0 spiro atoms. The fourth-order valence-corrected chi connectivity index (χ4v) is 5.15. The van der Waals surface area contributed by atoms with Crippen molar-refractivity contribution in [3.05, 3.63) is 59.2 Å². The maximum Gasteiger partial charge on any atom is 0.138 e. The van der Waals surface area contributed by atoms with Crippen molar-refractivity contribution < 1.29 is 33.9 Å². The smallest absolute Gasteiger partial charge is 0.138 e. The second-order valence-corrected chi connectivity index (χ2v) is 10.6. The first-order valence-corrected chi connectivity index (χ1v) is 14.9. The minimum Gasteiger partial charge on any atom is -0.506 e. The Balaban J connectivity index is 1.71. The summed E-state index contributed by atoms with van der Waals surface area (Å²) in [5.41, 5.74) is 3.92. The Kier molecular flexibility index (Phi) is 15.5. The number of phenols is 1. The Morgan fingerprint density at radius 2 is 1.66 bits per heavy atom. The predicted octanol–water partition coefficient (Wildman–Crippen LogP) is 4.21. The van der Waals surface area contributed by atoms with Gasteiger partial charge in [0.25, 0.3) is 0 Å². The molecule has 4 N–H and O–H groups in total. The molecule has 0 aromatic heterocycles. The summed E-state index contributed by atoms with van der Waals surface area (Å²) >= 11 is 0. The highest BCUT2D eigenvalue weighted by Crippen LogP contribution is 2.33. The van der Waals surface area contributed by atoms with E-state index >= 15 is 0 Å². The predicted molar refractivity (Wildman–Crippen MR) is 161 cm³/mol. The lowest BCUT2D eigenvalue weighted by Crippen LogP contribution is -2.51. The largest absolute Gasteiger partial charge is 0.506 e. The van der Waals surface area contributed by atoms with Gasteiger partial charge in [0.1, 0.15) is 5.75 Å². The molecule has 1 aliphatic heterocycles. The Hall–Kier alpha value is -2.24. The zero-order chi connectivity index (χ0) is 29.3. The number of rotatable bonds is 20. The van der Waals surface area contributed by atoms with Crippen molar-refractivity contribution in [3.8, 4) is 5.75 Å². The number of anilines is 1. The molecular formula is C32H50N2O7. The Morgan fingerprint density at radius 3 is 2.39 bits per heavy atom. The highest BCUT2D eigenvalue weighted by Gasteiger charge is 2.37. The van der Waals surface area contributed by atoms with Crippen LogP contribution in [0.2, 0.25) is 0 Å². The number of piperidine rings is 1. The first kappa shape index (κ1) is 33.3. The summed E-state index contributed by atoms with van der Waals surface area (Å²) in [5.74, 6) is 0.202. The van der Waals surface area contributed by atoms with Gasteiger partial charge in [-0.05, 0) is 48.1 Å². The van der Waals surface area contributed by atoms with Gasteiger partial charge in [0.05, 0.1) is 43.8 Å². The molecule has 1 unspecified atom stereocenters. The number of methoxy groups -OCH3 is 2. The number of benzene rings is 2. The summed E-state index contributed by atoms with van der Waals surface area (Å²) in [6, 6.07) is 14.0. The first-order chi connectivity index (χ1) is 20.1. The molecule has 1 fully saturated rings. The lowest BCUT2D eigenvalue weighted by molar-refractivity contribution is -0.0987. The second-order valence-electron chi connectivity index (χ2n) is 10.6. The highest BCUT2D eigenvalue weighted by atomic mass is 16.5. The molecule has 0 radical (unpaired) electrons. The van der Waals surface area contributed by atoms with Crippen molar-refractivity contribution in [1.82, 2.24) is 5.32 Å². The van der Waals surface area contributed by atoms with Gasteiger partial charge in [-0.25, -0.2) is 0 Å². The molecule has 1 aliphatic rings. The van der Waals surface area contributed by atoms with Gasteiger partial charge >= 0.3 is 0 Å². The van der Waals surface area contributed by atoms with Crippen LogP contribution in [0.5, 0.6) is 5.75 Å². The number of phenolic OH excluding ortho intramolecular Hbond substituents is 1. The number of hydrogen-bond acceptors (Lipinski definition) is 9. The summed E-state index contributed by atoms with van der Waals surface area (Å²) in [7, 11) is 3.38. The molecule has 230 valence electrons. The molecular weight excluding hydrogens is 524 g/mol. The molecule has 0 bridgehead atoms. The number of aromatic hydroxyl groups is 1. The van der Waals surface area contributed by atoms with Crippen LogP contribution < -0.4 is 10.6 Å². The molecule has 0 amide bonds. The van der Waals surface area contributed by atoms with Gasteiger partial charge in [-0.15, -0.1) is 0 Å². The van der Waals surface area contributed by atoms with E-state index in [0.29, 0.717) is 58.4 Å². The second kappa shape index (κ2) is 19.0. The molecule has 9 nitrogen and oxygen atoms in total. The maximum absolute atomic E-state index is 10.3. The van der Waals surface area contributed by atoms with Crippen molar-refractivity contribution in [3.63, 3.8) is 0 Å². The molecule has 2 aromatic carbocycles. The molecule has 3 rings (SSSR count). The fourth-order valence-electron chi connectivity index (χ4n) is 5.15. The summed E-state index contributed by atoms with van der Waals surface area (Å²) in [6.07, 6.45) is 2.97. The Bertz CT molecular complexity index is 975. The van der Waals surface area contributed by atoms with E-state index in [9.17, 15) is 10.2 Å². The zero-order valence-corrected chi connectivity index (χ0v) is 25.0. The van der Waals surface area contributed by atoms with E-state index in [2.05, 4.69) is 41.8 Å². The van der Waals surface area contributed by atoms with Crippen LogP contribution in [0.15, 0.2) is 42.5 Å². The van der Waals surface area contributed by atoms with Gasteiger partial charge in [0.2, 0.25) is 0 Å². The molecule has 0 aliphatic carbocycles. The molecule has 0 saturated carbocycles. The van der Waals surface area contributed by atoms with Gasteiger partial charge in [-0.2, -0.15) is 0 Å². The van der Waals surface area contributed by atoms with Crippen molar-refractivity contribution in [2.45, 2.75) is 70.1 Å². The monoisotopic (exact) mass is 574 g/mol. The molecule has 41 heavy (non-hydrogen) atoms. The summed E-state index contributed by atoms with van der Waals surface area (Å²) in [5, 5.41) is 27.0. The van der Waals surface area contributed by atoms with E-state index < -0.39 is 0 Å². The van der Waals surface area contributed by atoms with E-state index in [0.717, 1.165) is 42.4 Å². The van der Waals surface area contributed by atoms with E-state index in [1.54, 1.807) is 20.3 Å². The molecule has 2 aromatic rings. The molecule has 4 atom stereocenters. The minimum absolute atomic E-state index is 0.00437. The van der Waals surface area contributed by atoms with Crippen molar-refractivity contribution in [2.24, 2.45) is 0 Å². The molecule has 1 saturated heterocycles. The third-order valence-electron chi connectivity index (χ3n) is 7.31. The standard InChI is InChI=1S/C32H50N2O7/c1-4-7-27(21-35)41-31-20-33-19-30(32(31)26-11-8-24(9-12-26)22-39-17-6-16-38-3)40-23-25-10-13-29(36)28(18-25)34-14-5-15-37-2/h8-13,18,27,30-36H,4-7,14-17,19-23H2,1-3H3/t27-,30+,31-,32?/m1/s1. The van der Waals surface area contributed by atoms with E-state index in [4.69, 9.17) is 23.7 Å². The lowest BCUT2D eigenvalue weighted by Gasteiger charge is -2.40. The van der Waals surface area contributed by atoms with Crippen LogP contribution in [-0.4, -0.2) is 88.8 Å². The number of aliphatic hydroxyl groups excluding tert-OH is 1. The number of ether oxygens (including phenoxy) is 5. The van der Waals surface area contributed by atoms with Crippen molar-refractivity contribution in [2.75, 3.05) is 65.6 Å². The normalized spacial score (nSPS) is 19.8. The lowest BCUT2D eigenvalue weighted by atomic mass is 9.84. The summed E-state index contributed by atoms with van der Waals surface area (Å²) < 4.78 is 29.0. The number of hydrogen-bond donors (Lipinski definition) is 4. The van der Waals surface area contributed by atoms with Gasteiger partial charge in [-0.3, -0.25) is 0 Å². The maximum atomic E-state index is 10.3. The Morgan fingerprint density at radius 1 is 0.927 bits per heavy atom. The number of nitrogens with one attached hydrogen (secondary N) is 2. The topological polar surface area (TPSA) is 111 Å². The van der Waals surface area contributed by atoms with Crippen LogP contribution in [0.1, 0.15) is 55.2 Å². The number of aliphatic hydroxyl groups is 1. The van der Waals surface area contributed by atoms with Crippen LogP contribution >= 0.6 is 0 Å². The van der Waals surface area contributed by atoms with Crippen LogP contribution in [-0.2, 0) is 36.9 Å². The minimum atomic E-state index is -0.211. The van der Waals surface area contributed by atoms with Gasteiger partial charge in [0.15, 0.2) is 0 Å². The third-order valence-corrected chi connectivity index (χ3v) is 7.31. The summed E-state index contributed by atoms with van der Waals surface area (Å²) in [4.78, 5) is 0. The van der Waals surface area contributed by atoms with Crippen LogP contribution in [0.4, 0.5) is 5.69 Å². The molecule has 9 heteroatoms. The third kappa shape index (κ3) is 11.2. The SMILES string of the molecule is CCC[C@H](CO)O[C@@H]1CNC[C@H](OCc2ccc(O)c(NCCCOC)c2)C1c1ccc(COCCCOC)cc1. The van der Waals surface area contributed by atoms with Gasteiger partial charge in [-0.1, -0.05) is 43.7 Å². The van der Waals surface area contributed by atoms with Crippen molar-refractivity contribution >= 4 is 5.69 Å². The van der Waals surface area contributed by atoms with Crippen LogP contribution in [0.3, 0.4) is 0 Å². The van der Waals surface area contributed by atoms with Gasteiger partial charge in [0, 0.05) is 59.6 Å². The van der Waals surface area contributed by atoms with Gasteiger partial charge < -0.3 is 44.5 Å². The van der Waals surface area contributed by atoms with E-state index in [-0.39, 0.29) is 36.6 Å². The average Bonchev–Trinajstić information content (AvgIpc) is 2.99. The van der Waals surface area contributed by atoms with Crippen LogP contribution in [0, 0.1) is 0 Å². The first-order valence-electron chi connectivity index (χ1n) is 14.9. The van der Waals surface area contributed by atoms with Crippen molar-refractivity contribution in [1.29, 1.82) is 0 Å². The fraction of sp³-hybridized carbons (Fsp3) is 0.625.